The maximum atomic E-state index is 13.1. The molecule has 0 aliphatic heterocycles. The Hall–Kier alpha value is -3.20. The molecule has 9 heteroatoms. The molecule has 0 bridgehead atoms. The summed E-state index contributed by atoms with van der Waals surface area (Å²) in [5.41, 5.74) is 3.86. The lowest BCUT2D eigenvalue weighted by atomic mass is 9.99. The number of carbonyl (C=O) groups is 1. The first-order valence-corrected chi connectivity index (χ1v) is 9.24. The summed E-state index contributed by atoms with van der Waals surface area (Å²) in [7, 11) is 0. The second kappa shape index (κ2) is 10.0. The Labute approximate surface area is 170 Å². The van der Waals surface area contributed by atoms with E-state index in [0.717, 1.165) is 35.2 Å². The molecular formula is C21H20F3N3O3. The van der Waals surface area contributed by atoms with Gasteiger partial charge < -0.3 is 14.9 Å². The van der Waals surface area contributed by atoms with Crippen molar-refractivity contribution in [2.75, 3.05) is 6.67 Å². The number of hydrogen-bond acceptors (Lipinski definition) is 5. The number of nitrogens with one attached hydrogen (secondary N) is 1. The van der Waals surface area contributed by atoms with Crippen LogP contribution in [-0.4, -0.2) is 40.3 Å². The molecule has 3 rings (SSSR count). The standard InChI is InChI=1S/C21H20F3N3O3/c22-9-18(27-21(29)20(23)24)19(28)15-4-2-14(3-5-15)16-6-8-17(25-11-16)7-1-13-10-26-30-12-13/h2-6,8,10-12,18-20,28H,1,7,9H2,(H,27,29)/t18-,19-/m1/s1. The normalized spacial score (nSPS) is 13.2. The molecule has 1 aromatic carbocycles. The van der Waals surface area contributed by atoms with Crippen LogP contribution in [0, 0.1) is 0 Å². The van der Waals surface area contributed by atoms with Gasteiger partial charge in [-0.2, -0.15) is 8.78 Å². The Morgan fingerprint density at radius 3 is 2.37 bits per heavy atom. The van der Waals surface area contributed by atoms with Crippen LogP contribution in [0.1, 0.15) is 22.9 Å². The van der Waals surface area contributed by atoms with Gasteiger partial charge in [0.15, 0.2) is 0 Å². The molecule has 158 valence electrons. The van der Waals surface area contributed by atoms with Crippen molar-refractivity contribution in [3.05, 3.63) is 71.9 Å². The third-order valence-electron chi connectivity index (χ3n) is 4.64. The van der Waals surface area contributed by atoms with Crippen LogP contribution in [0.2, 0.25) is 0 Å². The molecule has 2 heterocycles. The van der Waals surface area contributed by atoms with Gasteiger partial charge in [0, 0.05) is 23.0 Å². The number of halogens is 3. The number of aryl methyl sites for hydroxylation is 2. The van der Waals surface area contributed by atoms with Gasteiger partial charge in [0.05, 0.1) is 12.2 Å². The minimum absolute atomic E-state index is 0.300. The molecule has 0 unspecified atom stereocenters. The van der Waals surface area contributed by atoms with Crippen molar-refractivity contribution in [3.63, 3.8) is 0 Å². The summed E-state index contributed by atoms with van der Waals surface area (Å²) in [6.45, 7) is -1.18. The molecule has 2 atom stereocenters. The van der Waals surface area contributed by atoms with Crippen molar-refractivity contribution in [3.8, 4) is 11.1 Å². The minimum Gasteiger partial charge on any atom is -0.386 e. The molecule has 2 aromatic heterocycles. The summed E-state index contributed by atoms with van der Waals surface area (Å²) in [5, 5.41) is 15.7. The van der Waals surface area contributed by atoms with Crippen molar-refractivity contribution in [1.29, 1.82) is 0 Å². The number of aliphatic hydroxyl groups is 1. The summed E-state index contributed by atoms with van der Waals surface area (Å²) < 4.78 is 42.6. The van der Waals surface area contributed by atoms with Crippen molar-refractivity contribution < 1.29 is 27.6 Å². The van der Waals surface area contributed by atoms with Crippen molar-refractivity contribution in [2.45, 2.75) is 31.4 Å². The molecule has 0 radical (unpaired) electrons. The molecule has 2 N–H and O–H groups in total. The predicted molar refractivity (Wildman–Crippen MR) is 102 cm³/mol. The number of nitrogens with zero attached hydrogens (tertiary/aromatic N) is 2. The van der Waals surface area contributed by atoms with Gasteiger partial charge in [0.1, 0.15) is 19.0 Å². The van der Waals surface area contributed by atoms with Gasteiger partial charge >= 0.3 is 6.43 Å². The highest BCUT2D eigenvalue weighted by Crippen LogP contribution is 2.24. The average molecular weight is 419 g/mol. The minimum atomic E-state index is -3.28. The van der Waals surface area contributed by atoms with E-state index in [1.54, 1.807) is 48.2 Å². The topological polar surface area (TPSA) is 88.2 Å². The van der Waals surface area contributed by atoms with Gasteiger partial charge in [-0.05, 0) is 30.0 Å². The lowest BCUT2D eigenvalue weighted by molar-refractivity contribution is -0.133. The van der Waals surface area contributed by atoms with E-state index in [9.17, 15) is 23.1 Å². The first-order chi connectivity index (χ1) is 14.5. The molecule has 0 aliphatic carbocycles. The average Bonchev–Trinajstić information content (AvgIpc) is 3.29. The van der Waals surface area contributed by atoms with Crippen LogP contribution in [0.15, 0.2) is 59.6 Å². The maximum Gasteiger partial charge on any atom is 0.315 e. The summed E-state index contributed by atoms with van der Waals surface area (Å²) in [6, 6.07) is 8.88. The van der Waals surface area contributed by atoms with Crippen LogP contribution in [-0.2, 0) is 17.6 Å². The number of benzene rings is 1. The zero-order valence-electron chi connectivity index (χ0n) is 15.8. The number of alkyl halides is 3. The van der Waals surface area contributed by atoms with Crippen LogP contribution in [0.4, 0.5) is 13.2 Å². The number of carbonyl (C=O) groups excluding carboxylic acids is 1. The Balaban J connectivity index is 1.63. The third-order valence-corrected chi connectivity index (χ3v) is 4.64. The van der Waals surface area contributed by atoms with Gasteiger partial charge in [0.2, 0.25) is 0 Å². The van der Waals surface area contributed by atoms with Crippen LogP contribution in [0.3, 0.4) is 0 Å². The number of hydrogen-bond donors (Lipinski definition) is 2. The number of amides is 1. The van der Waals surface area contributed by atoms with Crippen LogP contribution < -0.4 is 5.32 Å². The highest BCUT2D eigenvalue weighted by atomic mass is 19.3. The second-order valence-electron chi connectivity index (χ2n) is 6.71. The van der Waals surface area contributed by atoms with Crippen LogP contribution >= 0.6 is 0 Å². The molecule has 0 aliphatic rings. The fourth-order valence-electron chi connectivity index (χ4n) is 2.92. The van der Waals surface area contributed by atoms with Gasteiger partial charge in [-0.15, -0.1) is 0 Å². The highest BCUT2D eigenvalue weighted by molar-refractivity contribution is 5.79. The quantitative estimate of drug-likeness (QED) is 0.556. The monoisotopic (exact) mass is 419 g/mol. The highest BCUT2D eigenvalue weighted by Gasteiger charge is 2.26. The van der Waals surface area contributed by atoms with Gasteiger partial charge in [0.25, 0.3) is 5.91 Å². The Bertz CT molecular complexity index is 932. The molecule has 0 saturated carbocycles. The zero-order chi connectivity index (χ0) is 21.5. The zero-order valence-corrected chi connectivity index (χ0v) is 15.8. The molecule has 30 heavy (non-hydrogen) atoms. The lowest BCUT2D eigenvalue weighted by Gasteiger charge is -2.22. The van der Waals surface area contributed by atoms with E-state index in [-0.39, 0.29) is 0 Å². The van der Waals surface area contributed by atoms with Gasteiger partial charge in [-0.1, -0.05) is 35.5 Å². The summed E-state index contributed by atoms with van der Waals surface area (Å²) in [6.07, 6.45) is 1.75. The number of aromatic nitrogens is 2. The van der Waals surface area contributed by atoms with E-state index in [2.05, 4.69) is 10.1 Å². The molecule has 6 nitrogen and oxygen atoms in total. The number of rotatable bonds is 9. The maximum absolute atomic E-state index is 13.1. The van der Waals surface area contributed by atoms with E-state index < -0.39 is 31.2 Å². The van der Waals surface area contributed by atoms with E-state index in [1.165, 1.54) is 0 Å². The summed E-state index contributed by atoms with van der Waals surface area (Å²) >= 11 is 0. The van der Waals surface area contributed by atoms with Gasteiger partial charge in [-0.25, -0.2) is 4.39 Å². The molecule has 1 amide bonds. The molecule has 0 spiro atoms. The Kier molecular flexibility index (Phi) is 7.18. The number of aliphatic hydroxyl groups excluding tert-OH is 1. The molecular weight excluding hydrogens is 399 g/mol. The second-order valence-corrected chi connectivity index (χ2v) is 6.71. The fourth-order valence-corrected chi connectivity index (χ4v) is 2.92. The molecule has 0 fully saturated rings. The van der Waals surface area contributed by atoms with E-state index >= 15 is 0 Å². The van der Waals surface area contributed by atoms with Gasteiger partial charge in [-0.3, -0.25) is 9.78 Å². The molecule has 0 saturated heterocycles. The smallest absolute Gasteiger partial charge is 0.315 e. The first kappa shape index (κ1) is 21.5. The predicted octanol–water partition coefficient (Wildman–Crippen LogP) is 3.27. The fraction of sp³-hybridized carbons (Fsp3) is 0.286. The summed E-state index contributed by atoms with van der Waals surface area (Å²) in [4.78, 5) is 15.5. The van der Waals surface area contributed by atoms with Crippen molar-refractivity contribution >= 4 is 5.91 Å². The van der Waals surface area contributed by atoms with E-state index in [0.29, 0.717) is 5.56 Å². The van der Waals surface area contributed by atoms with Crippen molar-refractivity contribution in [1.82, 2.24) is 15.5 Å². The first-order valence-electron chi connectivity index (χ1n) is 9.24. The Morgan fingerprint density at radius 1 is 1.07 bits per heavy atom. The molecule has 3 aromatic rings. The van der Waals surface area contributed by atoms with Crippen molar-refractivity contribution in [2.24, 2.45) is 0 Å². The SMILES string of the molecule is O=C(N[C@H](CF)[C@H](O)c1ccc(-c2ccc(CCc3cnoc3)nc2)cc1)C(F)F. The van der Waals surface area contributed by atoms with Crippen LogP contribution in [0.5, 0.6) is 0 Å². The number of pyridine rings is 1. The lowest BCUT2D eigenvalue weighted by Crippen LogP contribution is -2.43. The van der Waals surface area contributed by atoms with E-state index in [1.807, 2.05) is 12.1 Å². The third kappa shape index (κ3) is 5.44. The van der Waals surface area contributed by atoms with E-state index in [4.69, 9.17) is 4.52 Å². The summed E-state index contributed by atoms with van der Waals surface area (Å²) in [5.74, 6) is -1.62. The largest absolute Gasteiger partial charge is 0.386 e. The van der Waals surface area contributed by atoms with Crippen LogP contribution in [0.25, 0.3) is 11.1 Å². The Morgan fingerprint density at radius 2 is 1.80 bits per heavy atom.